The Bertz CT molecular complexity index is 1690. The van der Waals surface area contributed by atoms with Crippen LogP contribution in [0.3, 0.4) is 0 Å². The third-order valence-electron chi connectivity index (χ3n) is 6.87. The molecule has 1 fully saturated rings. The average Bonchev–Trinajstić information content (AvgIpc) is 3.00. The van der Waals surface area contributed by atoms with Gasteiger partial charge in [0.15, 0.2) is 34.5 Å². The van der Waals surface area contributed by atoms with Gasteiger partial charge in [-0.15, -0.1) is 0 Å². The summed E-state index contributed by atoms with van der Waals surface area (Å²) in [6.07, 6.45) is -5.36. The first-order chi connectivity index (χ1) is 21.0. The second kappa shape index (κ2) is 12.7. The Morgan fingerprint density at radius 1 is 0.909 bits per heavy atom. The molecule has 0 saturated carbocycles. The molecular formula is C31H29O13+. The normalized spacial score (nSPS) is 21.8. The number of methoxy groups -OCH3 is 1. The second-order valence-electron chi connectivity index (χ2n) is 9.89. The predicted octanol–water partition coefficient (Wildman–Crippen LogP) is 1.96. The largest absolute Gasteiger partial charge is 0.510 e. The zero-order valence-corrected chi connectivity index (χ0v) is 23.1. The van der Waals surface area contributed by atoms with E-state index in [4.69, 9.17) is 23.4 Å². The van der Waals surface area contributed by atoms with Gasteiger partial charge in [-0.2, -0.15) is 0 Å². The summed E-state index contributed by atoms with van der Waals surface area (Å²) < 4.78 is 28.0. The Balaban J connectivity index is 1.41. The number of aliphatic hydroxyl groups is 3. The molecule has 230 valence electrons. The molecule has 2 heterocycles. The summed E-state index contributed by atoms with van der Waals surface area (Å²) >= 11 is 0. The molecule has 13 heteroatoms. The van der Waals surface area contributed by atoms with E-state index in [1.54, 1.807) is 12.1 Å². The van der Waals surface area contributed by atoms with Crippen molar-refractivity contribution < 1.29 is 58.8 Å². The van der Waals surface area contributed by atoms with Gasteiger partial charge in [-0.1, -0.05) is 12.1 Å². The fourth-order valence-corrected chi connectivity index (χ4v) is 4.53. The van der Waals surface area contributed by atoms with Gasteiger partial charge < -0.3 is 58.8 Å². The minimum Gasteiger partial charge on any atom is -0.508 e. The van der Waals surface area contributed by atoms with Crippen LogP contribution in [0.5, 0.6) is 28.7 Å². The van der Waals surface area contributed by atoms with E-state index < -0.39 is 54.5 Å². The van der Waals surface area contributed by atoms with Crippen LogP contribution in [-0.2, 0) is 9.47 Å². The molecule has 0 bridgehead atoms. The third kappa shape index (κ3) is 6.45. The fourth-order valence-electron chi connectivity index (χ4n) is 4.53. The van der Waals surface area contributed by atoms with E-state index in [1.807, 2.05) is 0 Å². The monoisotopic (exact) mass is 609 g/mol. The molecular weight excluding hydrogens is 580 g/mol. The first-order valence-electron chi connectivity index (χ1n) is 13.2. The Morgan fingerprint density at radius 3 is 2.39 bits per heavy atom. The molecule has 7 N–H and O–H groups in total. The summed E-state index contributed by atoms with van der Waals surface area (Å²) in [5.74, 6) is -1.08. The van der Waals surface area contributed by atoms with Crippen molar-refractivity contribution in [2.45, 2.75) is 30.7 Å². The smallest absolute Gasteiger partial charge is 0.508 e. The van der Waals surface area contributed by atoms with E-state index in [-0.39, 0.29) is 40.1 Å². The summed E-state index contributed by atoms with van der Waals surface area (Å²) in [5, 5.41) is 61.7. The number of hydrogen-bond donors (Lipinski definition) is 6. The lowest BCUT2D eigenvalue weighted by atomic mass is 9.99. The maximum atomic E-state index is 12.0. The molecule has 0 spiro atoms. The highest BCUT2D eigenvalue weighted by Crippen LogP contribution is 2.43. The molecule has 1 aliphatic carbocycles. The number of esters is 1. The molecule has 0 aromatic heterocycles. The molecule has 13 nitrogen and oxygen atoms in total. The number of fused-ring (bicyclic) bond motifs is 1. The zero-order valence-electron chi connectivity index (χ0n) is 23.1. The molecule has 5 rings (SSSR count). The first kappa shape index (κ1) is 30.4. The van der Waals surface area contributed by atoms with Crippen LogP contribution in [0.4, 0.5) is 0 Å². The molecule has 2 aromatic rings. The molecule has 44 heavy (non-hydrogen) atoms. The minimum atomic E-state index is -1.77. The molecule has 2 aromatic carbocycles. The summed E-state index contributed by atoms with van der Waals surface area (Å²) in [4.78, 5) is 22.2. The van der Waals surface area contributed by atoms with Crippen LogP contribution in [0.25, 0.3) is 28.7 Å². The van der Waals surface area contributed by atoms with Crippen molar-refractivity contribution in [2.75, 3.05) is 13.7 Å². The van der Waals surface area contributed by atoms with Gasteiger partial charge >= 0.3 is 5.97 Å². The maximum Gasteiger partial charge on any atom is 0.510 e. The predicted molar refractivity (Wildman–Crippen MR) is 154 cm³/mol. The van der Waals surface area contributed by atoms with Gasteiger partial charge in [0.1, 0.15) is 35.6 Å². The number of aromatic hydroxyl groups is 3. The van der Waals surface area contributed by atoms with Crippen LogP contribution < -0.4 is 14.9 Å². The standard InChI is InChI=1S/C31H28O13/c1-40-23-10-16(5-8-20(23)34)30-24(13-19-21(35)11-18(33)12-22(19)42-30)43-31-29(39)28(38)27(37)25(44-31)14-41-26(36)9-4-15-2-6-17(32)7-3-15/h2-13,25,27-29,31-32,34-35,37-39H,14H2,1H3/p+1/t25-,27-,28+,29-,31-/m1/s1. The van der Waals surface area contributed by atoms with Crippen molar-refractivity contribution >= 4 is 12.0 Å². The van der Waals surface area contributed by atoms with Gasteiger partial charge in [0, 0.05) is 17.7 Å². The molecule has 1 saturated heterocycles. The molecule has 0 unspecified atom stereocenters. The summed E-state index contributed by atoms with van der Waals surface area (Å²) in [6, 6.07) is 13.8. The van der Waals surface area contributed by atoms with E-state index in [0.717, 1.165) is 12.1 Å². The van der Waals surface area contributed by atoms with Gasteiger partial charge in [-0.05, 0) is 48.0 Å². The number of benzene rings is 3. The Morgan fingerprint density at radius 2 is 1.66 bits per heavy atom. The summed E-state index contributed by atoms with van der Waals surface area (Å²) in [7, 11) is 1.34. The zero-order chi connectivity index (χ0) is 31.5. The number of phenolic OH excluding ortho intramolecular Hbond substituents is 3. The van der Waals surface area contributed by atoms with Crippen molar-refractivity contribution in [3.05, 3.63) is 82.5 Å². The summed E-state index contributed by atoms with van der Waals surface area (Å²) in [6.45, 7) is -0.465. The van der Waals surface area contributed by atoms with Crippen LogP contribution in [0.1, 0.15) is 5.56 Å². The second-order valence-corrected chi connectivity index (χ2v) is 9.89. The third-order valence-corrected chi connectivity index (χ3v) is 6.87. The minimum absolute atomic E-state index is 0.00241. The quantitative estimate of drug-likeness (QED) is 0.0962. The lowest BCUT2D eigenvalue weighted by Crippen LogP contribution is -2.60. The number of aliphatic hydroxyl groups excluding tert-OH is 3. The lowest BCUT2D eigenvalue weighted by Gasteiger charge is -2.39. The van der Waals surface area contributed by atoms with Gasteiger partial charge in [0.25, 0.3) is 0 Å². The number of phenols is 3. The van der Waals surface area contributed by atoms with Gasteiger partial charge in [0.2, 0.25) is 12.9 Å². The Labute approximate surface area is 249 Å². The average molecular weight is 610 g/mol. The van der Waals surface area contributed by atoms with Crippen LogP contribution in [0.2, 0.25) is 0 Å². The van der Waals surface area contributed by atoms with Crippen molar-refractivity contribution in [1.29, 1.82) is 0 Å². The molecule has 0 amide bonds. The van der Waals surface area contributed by atoms with Gasteiger partial charge in [-0.25, -0.2) is 0 Å². The highest BCUT2D eigenvalue weighted by atomic mass is 16.7. The van der Waals surface area contributed by atoms with Crippen molar-refractivity contribution in [3.63, 3.8) is 0 Å². The summed E-state index contributed by atoms with van der Waals surface area (Å²) in [5.41, 5.74) is 0.516. The van der Waals surface area contributed by atoms with Crippen LogP contribution in [0, 0.1) is 0 Å². The number of carbonyl (C=O) groups excluding carboxylic acids is 1. The lowest BCUT2D eigenvalue weighted by molar-refractivity contribution is -0.276. The topological polar surface area (TPSA) is 210 Å². The SMILES string of the molecule is COc1cc(-c2oc3cc(=O)cc(O)c-3cc2O[C@@H]2O[C@H](COC(=[OH+])C=Cc3ccc(O)cc3)[C@@H](O)[C@H](O)[C@H]2O)ccc1O. The molecule has 2 aliphatic heterocycles. The van der Waals surface area contributed by atoms with Crippen LogP contribution in [-0.4, -0.2) is 85.8 Å². The van der Waals surface area contributed by atoms with Gasteiger partial charge in [-0.3, -0.25) is 4.79 Å². The highest BCUT2D eigenvalue weighted by Gasteiger charge is 2.47. The van der Waals surface area contributed by atoms with E-state index in [2.05, 4.69) is 0 Å². The van der Waals surface area contributed by atoms with Crippen molar-refractivity contribution in [3.8, 4) is 51.4 Å². The first-order valence-corrected chi connectivity index (χ1v) is 13.2. The van der Waals surface area contributed by atoms with Crippen LogP contribution in [0.15, 0.2) is 76.0 Å². The van der Waals surface area contributed by atoms with E-state index in [0.29, 0.717) is 11.1 Å². The van der Waals surface area contributed by atoms with E-state index in [9.17, 15) is 40.2 Å². The maximum absolute atomic E-state index is 12.0. The van der Waals surface area contributed by atoms with E-state index >= 15 is 0 Å². The molecule has 0 radical (unpaired) electrons. The van der Waals surface area contributed by atoms with Crippen molar-refractivity contribution in [1.82, 2.24) is 0 Å². The Hall–Kier alpha value is -5.08. The van der Waals surface area contributed by atoms with Crippen molar-refractivity contribution in [2.24, 2.45) is 0 Å². The molecule has 3 aliphatic rings. The number of ether oxygens (including phenoxy) is 4. The fraction of sp³-hybridized carbons (Fsp3) is 0.226. The highest BCUT2D eigenvalue weighted by molar-refractivity contribution is 5.88. The van der Waals surface area contributed by atoms with Crippen LogP contribution >= 0.6 is 0 Å². The van der Waals surface area contributed by atoms with E-state index in [1.165, 1.54) is 55.7 Å². The van der Waals surface area contributed by atoms with Gasteiger partial charge in [0.05, 0.1) is 18.7 Å². The molecule has 5 atom stereocenters. The number of rotatable bonds is 8. The Kier molecular flexibility index (Phi) is 8.73. The number of hydrogen-bond acceptors (Lipinski definition) is 12.